The van der Waals surface area contributed by atoms with Crippen LogP contribution in [0.15, 0.2) is 133 Å². The first kappa shape index (κ1) is 24.3. The van der Waals surface area contributed by atoms with E-state index >= 15 is 0 Å². The zero-order valence-corrected chi connectivity index (χ0v) is 19.4. The highest BCUT2D eigenvalue weighted by Gasteiger charge is 2.24. The van der Waals surface area contributed by atoms with Crippen LogP contribution in [0.5, 0.6) is 0 Å². The van der Waals surface area contributed by atoms with Crippen molar-refractivity contribution in [1.29, 1.82) is 0 Å². The largest absolute Gasteiger partial charge is 0.222 e. The molecule has 5 rings (SSSR count). The van der Waals surface area contributed by atoms with Crippen molar-refractivity contribution in [3.63, 3.8) is 0 Å². The van der Waals surface area contributed by atoms with E-state index in [1.807, 2.05) is 0 Å². The van der Waals surface area contributed by atoms with Crippen molar-refractivity contribution in [2.75, 3.05) is 0 Å². The van der Waals surface area contributed by atoms with Gasteiger partial charge in [0.25, 0.3) is 0 Å². The zero-order valence-electron chi connectivity index (χ0n) is 18.7. The fraction of sp³-hybridized carbons (Fsp3) is 0. The second-order valence-corrected chi connectivity index (χ2v) is 8.42. The fourth-order valence-electron chi connectivity index (χ4n) is 3.89. The third kappa shape index (κ3) is 6.61. The summed E-state index contributed by atoms with van der Waals surface area (Å²) in [7, 11) is -4.94. The van der Waals surface area contributed by atoms with Gasteiger partial charge < -0.3 is 0 Å². The Morgan fingerprint density at radius 1 is 0.400 bits per heavy atom. The Morgan fingerprint density at radius 3 is 1.09 bits per heavy atom. The number of hydrogen-bond donors (Lipinski definition) is 0. The van der Waals surface area contributed by atoms with Crippen LogP contribution in [0, 0.1) is 10.2 Å². The zero-order chi connectivity index (χ0) is 24.7. The predicted octanol–water partition coefficient (Wildman–Crippen LogP) is 2.21. The SMILES string of the molecule is [O-][Cl+3]([O-])([O-])[O-].c1ccc(-c2cc(-c3ccccc3)[n+](-c3ccccc3)c(-c3ccccc3)c2)cc1. The highest BCUT2D eigenvalue weighted by atomic mass is 35.7. The number of nitrogens with zero attached hydrogens (tertiary/aromatic N) is 1. The molecule has 35 heavy (non-hydrogen) atoms. The van der Waals surface area contributed by atoms with Gasteiger partial charge in [0.1, 0.15) is 0 Å². The molecule has 0 spiro atoms. The standard InChI is InChI=1S/C29H22N.ClHO4/c1-5-13-23(14-6-1)26-21-28(24-15-7-2-8-16-24)30(27-19-11-4-12-20-27)29(22-26)25-17-9-3-10-18-25;2-1(3,4)5/h1-22H;(H,2,3,4,5)/q+1;/p-1. The Hall–Kier alpha value is -3.84. The normalized spacial score (nSPS) is 10.9. The Balaban J connectivity index is 0.000000527. The van der Waals surface area contributed by atoms with Crippen molar-refractivity contribution in [1.82, 2.24) is 0 Å². The van der Waals surface area contributed by atoms with E-state index in [4.69, 9.17) is 18.6 Å². The number of para-hydroxylation sites is 1. The molecule has 0 fully saturated rings. The van der Waals surface area contributed by atoms with Gasteiger partial charge in [0.15, 0.2) is 0 Å². The number of benzene rings is 4. The second kappa shape index (κ2) is 11.1. The van der Waals surface area contributed by atoms with Gasteiger partial charge in [-0.15, -0.1) is 10.2 Å². The minimum atomic E-state index is -4.94. The third-order valence-electron chi connectivity index (χ3n) is 5.33. The van der Waals surface area contributed by atoms with Crippen LogP contribution in [-0.4, -0.2) is 0 Å². The maximum absolute atomic E-state index is 8.49. The van der Waals surface area contributed by atoms with E-state index in [-0.39, 0.29) is 0 Å². The number of hydrogen-bond acceptors (Lipinski definition) is 4. The summed E-state index contributed by atoms with van der Waals surface area (Å²) in [6.45, 7) is 0. The molecule has 0 radical (unpaired) electrons. The molecule has 0 aliphatic carbocycles. The Labute approximate surface area is 206 Å². The van der Waals surface area contributed by atoms with Gasteiger partial charge in [0.2, 0.25) is 17.1 Å². The molecule has 6 heteroatoms. The van der Waals surface area contributed by atoms with Gasteiger partial charge in [-0.1, -0.05) is 84.9 Å². The number of aromatic nitrogens is 1. The fourth-order valence-corrected chi connectivity index (χ4v) is 3.89. The summed E-state index contributed by atoms with van der Waals surface area (Å²) in [6.07, 6.45) is 0. The van der Waals surface area contributed by atoms with Gasteiger partial charge in [-0.3, -0.25) is 0 Å². The van der Waals surface area contributed by atoms with E-state index in [0.29, 0.717) is 0 Å². The molecule has 0 N–H and O–H groups in total. The minimum absolute atomic E-state index is 1.15. The molecule has 0 unspecified atom stereocenters. The van der Waals surface area contributed by atoms with E-state index in [1.54, 1.807) is 0 Å². The summed E-state index contributed by atoms with van der Waals surface area (Å²) in [4.78, 5) is 0. The molecule has 5 aromatic rings. The molecule has 0 aliphatic rings. The van der Waals surface area contributed by atoms with E-state index in [9.17, 15) is 0 Å². The lowest BCUT2D eigenvalue weighted by Crippen LogP contribution is -2.68. The summed E-state index contributed by atoms with van der Waals surface area (Å²) in [5.74, 6) is 0. The predicted molar refractivity (Wildman–Crippen MR) is 124 cm³/mol. The molecule has 0 saturated heterocycles. The van der Waals surface area contributed by atoms with Crippen LogP contribution in [0.4, 0.5) is 0 Å². The van der Waals surface area contributed by atoms with Crippen molar-refractivity contribution in [3.8, 4) is 39.3 Å². The number of rotatable bonds is 4. The lowest BCUT2D eigenvalue weighted by Gasteiger charge is -2.17. The first-order valence-electron chi connectivity index (χ1n) is 10.8. The molecule has 1 heterocycles. The summed E-state index contributed by atoms with van der Waals surface area (Å²) < 4.78 is 36.3. The smallest absolute Gasteiger partial charge is 0.219 e. The van der Waals surface area contributed by atoms with Gasteiger partial charge in [0, 0.05) is 35.4 Å². The summed E-state index contributed by atoms with van der Waals surface area (Å²) in [6, 6.07) is 47.0. The van der Waals surface area contributed by atoms with Gasteiger partial charge in [-0.05, 0) is 35.4 Å². The lowest BCUT2D eigenvalue weighted by molar-refractivity contribution is -2.00. The molecular weight excluding hydrogens is 462 g/mol. The van der Waals surface area contributed by atoms with Crippen molar-refractivity contribution < 1.29 is 33.4 Å². The van der Waals surface area contributed by atoms with Crippen LogP contribution in [0.2, 0.25) is 0 Å². The molecule has 5 nitrogen and oxygen atoms in total. The first-order chi connectivity index (χ1) is 16.9. The van der Waals surface area contributed by atoms with Crippen molar-refractivity contribution in [2.24, 2.45) is 0 Å². The van der Waals surface area contributed by atoms with Gasteiger partial charge in [0.05, 0.1) is 0 Å². The average molecular weight is 484 g/mol. The maximum atomic E-state index is 8.49. The molecule has 0 saturated carbocycles. The van der Waals surface area contributed by atoms with E-state index in [2.05, 4.69) is 138 Å². The lowest BCUT2D eigenvalue weighted by atomic mass is 9.98. The maximum Gasteiger partial charge on any atom is 0.219 e. The molecular formula is C29H22ClNO4. The Morgan fingerprint density at radius 2 is 0.714 bits per heavy atom. The van der Waals surface area contributed by atoms with Crippen LogP contribution >= 0.6 is 0 Å². The van der Waals surface area contributed by atoms with Crippen molar-refractivity contribution in [3.05, 3.63) is 133 Å². The minimum Gasteiger partial charge on any atom is -0.222 e. The summed E-state index contributed by atoms with van der Waals surface area (Å²) in [5.41, 5.74) is 8.29. The summed E-state index contributed by atoms with van der Waals surface area (Å²) >= 11 is 0. The number of halogens is 1. The third-order valence-corrected chi connectivity index (χ3v) is 5.33. The highest BCUT2D eigenvalue weighted by Crippen LogP contribution is 2.30. The van der Waals surface area contributed by atoms with Crippen LogP contribution in [0.25, 0.3) is 39.3 Å². The molecule has 0 atom stereocenters. The molecule has 4 aromatic carbocycles. The van der Waals surface area contributed by atoms with Gasteiger partial charge >= 0.3 is 0 Å². The van der Waals surface area contributed by atoms with Crippen LogP contribution in [0.3, 0.4) is 0 Å². The Kier molecular flexibility index (Phi) is 7.67. The van der Waals surface area contributed by atoms with Crippen LogP contribution < -0.4 is 23.2 Å². The Bertz CT molecular complexity index is 1290. The van der Waals surface area contributed by atoms with Gasteiger partial charge in [-0.25, -0.2) is 18.6 Å². The number of pyridine rings is 1. The van der Waals surface area contributed by atoms with Crippen LogP contribution in [0.1, 0.15) is 0 Å². The van der Waals surface area contributed by atoms with E-state index < -0.39 is 10.2 Å². The van der Waals surface area contributed by atoms with Crippen LogP contribution in [-0.2, 0) is 0 Å². The van der Waals surface area contributed by atoms with Crippen molar-refractivity contribution in [2.45, 2.75) is 0 Å². The molecule has 0 bridgehead atoms. The highest BCUT2D eigenvalue weighted by molar-refractivity contribution is 5.74. The van der Waals surface area contributed by atoms with E-state index in [0.717, 1.165) is 5.69 Å². The monoisotopic (exact) mass is 483 g/mol. The second-order valence-electron chi connectivity index (χ2n) is 7.66. The van der Waals surface area contributed by atoms with Gasteiger partial charge in [-0.2, -0.15) is 4.57 Å². The summed E-state index contributed by atoms with van der Waals surface area (Å²) in [5, 5.41) is 0. The average Bonchev–Trinajstić information content (AvgIpc) is 2.89. The first-order valence-corrected chi connectivity index (χ1v) is 12.1. The molecule has 0 aliphatic heterocycles. The molecule has 0 amide bonds. The van der Waals surface area contributed by atoms with Crippen molar-refractivity contribution >= 4 is 0 Å². The topological polar surface area (TPSA) is 96.1 Å². The molecule has 1 aromatic heterocycles. The van der Waals surface area contributed by atoms with E-state index in [1.165, 1.54) is 33.6 Å². The molecule has 174 valence electrons. The quantitative estimate of drug-likeness (QED) is 0.366.